The number of hydrogen-bond donors (Lipinski definition) is 4. The van der Waals surface area contributed by atoms with Crippen LogP contribution in [0.4, 0.5) is 16.3 Å². The molecule has 3 rings (SSSR count). The van der Waals surface area contributed by atoms with Crippen LogP contribution in [0.25, 0.3) is 11.3 Å². The standard InChI is InChI=1S/C18H23ClN8O3/c1-9-5-12(29-2)3-4-27(9)26-16-13(20)14(10-6-11(19)8-23-7-10)24-17(25-16)15(21)30-18(22)28/h6-9,12,21H,3-5,20H2,1-2H3,(H2,22,28)(H,24,25,26). The predicted molar refractivity (Wildman–Crippen MR) is 112 cm³/mol. The summed E-state index contributed by atoms with van der Waals surface area (Å²) in [6, 6.07) is 1.77. The van der Waals surface area contributed by atoms with E-state index in [1.807, 2.05) is 5.01 Å². The number of rotatable bonds is 5. The van der Waals surface area contributed by atoms with Crippen LogP contribution in [0, 0.1) is 5.41 Å². The summed E-state index contributed by atoms with van der Waals surface area (Å²) in [6.45, 7) is 2.75. The van der Waals surface area contributed by atoms with E-state index in [0.717, 1.165) is 12.8 Å². The lowest BCUT2D eigenvalue weighted by Gasteiger charge is -2.37. The van der Waals surface area contributed by atoms with Crippen LogP contribution >= 0.6 is 11.6 Å². The number of nitrogens with one attached hydrogen (secondary N) is 2. The van der Waals surface area contributed by atoms with Gasteiger partial charge in [-0.15, -0.1) is 0 Å². The van der Waals surface area contributed by atoms with E-state index < -0.39 is 12.0 Å². The molecule has 0 saturated carbocycles. The summed E-state index contributed by atoms with van der Waals surface area (Å²) in [4.78, 5) is 23.7. The van der Waals surface area contributed by atoms with Crippen molar-refractivity contribution in [1.82, 2.24) is 20.0 Å². The highest BCUT2D eigenvalue weighted by molar-refractivity contribution is 6.30. The number of carbonyl (C=O) groups is 1. The van der Waals surface area contributed by atoms with Crippen LogP contribution in [0.15, 0.2) is 18.5 Å². The van der Waals surface area contributed by atoms with Gasteiger partial charge in [0.25, 0.3) is 5.90 Å². The van der Waals surface area contributed by atoms with E-state index in [9.17, 15) is 4.79 Å². The second-order valence-corrected chi connectivity index (χ2v) is 7.27. The van der Waals surface area contributed by atoms with Gasteiger partial charge in [0.1, 0.15) is 11.4 Å². The largest absolute Gasteiger partial charge is 0.411 e. The first kappa shape index (κ1) is 21.7. The highest BCUT2D eigenvalue weighted by Gasteiger charge is 2.27. The normalized spacial score (nSPS) is 19.3. The molecule has 1 fully saturated rings. The maximum Gasteiger partial charge on any atom is 0.411 e. The number of nitrogens with two attached hydrogens (primary N) is 2. The molecule has 0 spiro atoms. The minimum Gasteiger partial charge on any atom is -0.394 e. The van der Waals surface area contributed by atoms with Gasteiger partial charge in [0.05, 0.1) is 11.1 Å². The van der Waals surface area contributed by atoms with E-state index in [2.05, 4.69) is 32.0 Å². The molecular formula is C18H23ClN8O3. The predicted octanol–water partition coefficient (Wildman–Crippen LogP) is 2.02. The first-order valence-corrected chi connectivity index (χ1v) is 9.57. The van der Waals surface area contributed by atoms with Crippen LogP contribution in [-0.4, -0.2) is 57.8 Å². The highest BCUT2D eigenvalue weighted by Crippen LogP contribution is 2.31. The molecule has 1 amide bonds. The Labute approximate surface area is 178 Å². The minimum atomic E-state index is -1.14. The Kier molecular flexibility index (Phi) is 6.65. The maximum atomic E-state index is 11.1. The molecule has 3 heterocycles. The molecule has 6 N–H and O–H groups in total. The van der Waals surface area contributed by atoms with Crippen molar-refractivity contribution in [3.8, 4) is 11.3 Å². The number of methoxy groups -OCH3 is 1. The Morgan fingerprint density at radius 1 is 1.40 bits per heavy atom. The van der Waals surface area contributed by atoms with Gasteiger partial charge < -0.3 is 26.4 Å². The smallest absolute Gasteiger partial charge is 0.394 e. The quantitative estimate of drug-likeness (QED) is 0.406. The van der Waals surface area contributed by atoms with Gasteiger partial charge in [-0.25, -0.2) is 19.8 Å². The number of nitrogen functional groups attached to an aromatic ring is 1. The average molecular weight is 435 g/mol. The molecule has 30 heavy (non-hydrogen) atoms. The van der Waals surface area contributed by atoms with Crippen molar-refractivity contribution >= 4 is 35.1 Å². The van der Waals surface area contributed by atoms with Gasteiger partial charge in [0, 0.05) is 37.7 Å². The lowest BCUT2D eigenvalue weighted by molar-refractivity contribution is 0.0250. The Morgan fingerprint density at radius 3 is 2.80 bits per heavy atom. The number of carbonyl (C=O) groups excluding carboxylic acids is 1. The molecule has 0 aliphatic carbocycles. The molecule has 2 aromatic rings. The van der Waals surface area contributed by atoms with Crippen LogP contribution in [0.1, 0.15) is 25.6 Å². The molecule has 0 aromatic carbocycles. The summed E-state index contributed by atoms with van der Waals surface area (Å²) in [6.07, 6.45) is 3.70. The molecule has 2 unspecified atom stereocenters. The zero-order chi connectivity index (χ0) is 21.8. The Hall–Kier alpha value is -3.02. The molecule has 0 bridgehead atoms. The first-order chi connectivity index (χ1) is 14.3. The van der Waals surface area contributed by atoms with Crippen molar-refractivity contribution < 1.29 is 14.3 Å². The van der Waals surface area contributed by atoms with Crippen LogP contribution in [0.3, 0.4) is 0 Å². The summed E-state index contributed by atoms with van der Waals surface area (Å²) < 4.78 is 10.1. The van der Waals surface area contributed by atoms with Crippen molar-refractivity contribution in [3.05, 3.63) is 29.3 Å². The third-order valence-corrected chi connectivity index (χ3v) is 4.95. The molecule has 12 heteroatoms. The number of aromatic nitrogens is 3. The summed E-state index contributed by atoms with van der Waals surface area (Å²) in [5.74, 6) is -0.511. The van der Waals surface area contributed by atoms with Gasteiger partial charge >= 0.3 is 6.09 Å². The van der Waals surface area contributed by atoms with E-state index in [4.69, 9.17) is 33.2 Å². The number of hydrogen-bond acceptors (Lipinski definition) is 10. The number of amides is 1. The van der Waals surface area contributed by atoms with E-state index >= 15 is 0 Å². The molecule has 1 aliphatic rings. The SMILES string of the molecule is COC1CCN(Nc2nc(C(=N)OC(N)=O)nc(-c3cncc(Cl)c3)c2N)C(C)C1. The van der Waals surface area contributed by atoms with Gasteiger partial charge in [0.15, 0.2) is 5.82 Å². The van der Waals surface area contributed by atoms with Crippen LogP contribution < -0.4 is 16.9 Å². The van der Waals surface area contributed by atoms with Crippen molar-refractivity contribution in [2.24, 2.45) is 5.73 Å². The third-order valence-electron chi connectivity index (χ3n) is 4.74. The number of nitrogens with zero attached hydrogens (tertiary/aromatic N) is 4. The fourth-order valence-electron chi connectivity index (χ4n) is 3.21. The zero-order valence-corrected chi connectivity index (χ0v) is 17.3. The van der Waals surface area contributed by atoms with E-state index in [-0.39, 0.29) is 35.2 Å². The maximum absolute atomic E-state index is 11.1. The number of halogens is 1. The van der Waals surface area contributed by atoms with Crippen molar-refractivity contribution in [2.75, 3.05) is 24.8 Å². The van der Waals surface area contributed by atoms with Gasteiger partial charge in [-0.2, -0.15) is 0 Å². The van der Waals surface area contributed by atoms with Crippen molar-refractivity contribution in [1.29, 1.82) is 5.41 Å². The Balaban J connectivity index is 1.99. The lowest BCUT2D eigenvalue weighted by Crippen LogP contribution is -2.46. The third kappa shape index (κ3) is 4.93. The lowest BCUT2D eigenvalue weighted by atomic mass is 10.0. The highest BCUT2D eigenvalue weighted by atomic mass is 35.5. The van der Waals surface area contributed by atoms with Gasteiger partial charge in [-0.1, -0.05) is 11.6 Å². The molecule has 0 radical (unpaired) electrons. The molecular weight excluding hydrogens is 412 g/mol. The van der Waals surface area contributed by atoms with Crippen LogP contribution in [0.5, 0.6) is 0 Å². The monoisotopic (exact) mass is 434 g/mol. The summed E-state index contributed by atoms with van der Waals surface area (Å²) in [7, 11) is 1.70. The summed E-state index contributed by atoms with van der Waals surface area (Å²) >= 11 is 6.05. The number of piperidine rings is 1. The molecule has 2 atom stereocenters. The number of primary amides is 1. The van der Waals surface area contributed by atoms with Gasteiger partial charge in [-0.05, 0) is 25.8 Å². The second-order valence-electron chi connectivity index (χ2n) is 6.84. The van der Waals surface area contributed by atoms with E-state index in [1.54, 1.807) is 13.2 Å². The fourth-order valence-corrected chi connectivity index (χ4v) is 3.38. The number of ether oxygens (including phenoxy) is 2. The average Bonchev–Trinajstić information content (AvgIpc) is 2.70. The Morgan fingerprint density at radius 2 is 2.17 bits per heavy atom. The van der Waals surface area contributed by atoms with E-state index in [1.165, 1.54) is 12.4 Å². The molecule has 1 saturated heterocycles. The van der Waals surface area contributed by atoms with Gasteiger partial charge in [0.2, 0.25) is 5.82 Å². The molecule has 2 aromatic heterocycles. The van der Waals surface area contributed by atoms with E-state index in [0.29, 0.717) is 17.1 Å². The first-order valence-electron chi connectivity index (χ1n) is 9.19. The van der Waals surface area contributed by atoms with Crippen LogP contribution in [0.2, 0.25) is 5.02 Å². The zero-order valence-electron chi connectivity index (χ0n) is 16.6. The van der Waals surface area contributed by atoms with Crippen molar-refractivity contribution in [2.45, 2.75) is 31.9 Å². The summed E-state index contributed by atoms with van der Waals surface area (Å²) in [5.41, 5.74) is 15.6. The minimum absolute atomic E-state index is 0.138. The molecule has 11 nitrogen and oxygen atoms in total. The Bertz CT molecular complexity index is 957. The van der Waals surface area contributed by atoms with Crippen LogP contribution in [-0.2, 0) is 9.47 Å². The molecule has 160 valence electrons. The molecule has 1 aliphatic heterocycles. The number of hydrazine groups is 1. The van der Waals surface area contributed by atoms with Gasteiger partial charge in [-0.3, -0.25) is 10.4 Å². The fraction of sp³-hybridized carbons (Fsp3) is 0.389. The topological polar surface area (TPSA) is 165 Å². The number of anilines is 2. The second kappa shape index (κ2) is 9.20. The van der Waals surface area contributed by atoms with Crippen molar-refractivity contribution in [3.63, 3.8) is 0 Å². The summed E-state index contributed by atoms with van der Waals surface area (Å²) in [5, 5.41) is 10.3. The number of pyridine rings is 1.